The maximum absolute atomic E-state index is 11.4. The molecule has 0 radical (unpaired) electrons. The molecule has 2 rings (SSSR count). The lowest BCUT2D eigenvalue weighted by Crippen LogP contribution is -2.29. The van der Waals surface area contributed by atoms with Crippen molar-refractivity contribution in [3.63, 3.8) is 0 Å². The van der Waals surface area contributed by atoms with Gasteiger partial charge in [0, 0.05) is 31.2 Å². The van der Waals surface area contributed by atoms with E-state index in [0.29, 0.717) is 6.54 Å². The molecule has 0 spiro atoms. The van der Waals surface area contributed by atoms with Gasteiger partial charge in [-0.15, -0.1) is 0 Å². The summed E-state index contributed by atoms with van der Waals surface area (Å²) in [6.07, 6.45) is 5.45. The van der Waals surface area contributed by atoms with Gasteiger partial charge in [-0.05, 0) is 24.7 Å². The van der Waals surface area contributed by atoms with E-state index in [0.717, 1.165) is 12.2 Å². The summed E-state index contributed by atoms with van der Waals surface area (Å²) >= 11 is 0. The Morgan fingerprint density at radius 1 is 1.38 bits per heavy atom. The summed E-state index contributed by atoms with van der Waals surface area (Å²) in [6.45, 7) is 3.35. The first-order chi connectivity index (χ1) is 10.1. The Morgan fingerprint density at radius 2 is 2.10 bits per heavy atom. The first-order valence-corrected chi connectivity index (χ1v) is 6.94. The fourth-order valence-electron chi connectivity index (χ4n) is 2.30. The number of hydrogen-bond acceptors (Lipinski definition) is 4. The summed E-state index contributed by atoms with van der Waals surface area (Å²) in [5.41, 5.74) is 2.29. The smallest absolute Gasteiger partial charge is 0.309 e. The van der Waals surface area contributed by atoms with E-state index in [9.17, 15) is 4.79 Å². The van der Waals surface area contributed by atoms with Crippen LogP contribution in [-0.4, -0.2) is 41.1 Å². The molecule has 0 aliphatic heterocycles. The maximum atomic E-state index is 11.4. The number of aromatic nitrogens is 2. The van der Waals surface area contributed by atoms with Crippen molar-refractivity contribution in [1.29, 1.82) is 0 Å². The molecule has 0 fully saturated rings. The van der Waals surface area contributed by atoms with Gasteiger partial charge >= 0.3 is 5.97 Å². The Bertz CT molecular complexity index is 564. The molecule has 112 valence electrons. The molecular formula is C16H21N3O2. The summed E-state index contributed by atoms with van der Waals surface area (Å²) in [6, 6.07) is 8.31. The first kappa shape index (κ1) is 15.3. The molecule has 1 heterocycles. The van der Waals surface area contributed by atoms with E-state index in [1.54, 1.807) is 12.5 Å². The Hall–Kier alpha value is -2.14. The molecule has 0 amide bonds. The summed E-state index contributed by atoms with van der Waals surface area (Å²) in [5.74, 6) is -0.289. The van der Waals surface area contributed by atoms with Gasteiger partial charge in [0.15, 0.2) is 0 Å². The van der Waals surface area contributed by atoms with Gasteiger partial charge in [-0.3, -0.25) is 4.79 Å². The minimum Gasteiger partial charge on any atom is -0.469 e. The Morgan fingerprint density at radius 3 is 2.67 bits per heavy atom. The molecule has 0 saturated carbocycles. The predicted molar refractivity (Wildman–Crippen MR) is 81.1 cm³/mol. The van der Waals surface area contributed by atoms with Gasteiger partial charge in [0.2, 0.25) is 0 Å². The lowest BCUT2D eigenvalue weighted by atomic mass is 10.1. The molecule has 21 heavy (non-hydrogen) atoms. The van der Waals surface area contributed by atoms with Crippen LogP contribution in [0.3, 0.4) is 0 Å². The van der Waals surface area contributed by atoms with Gasteiger partial charge < -0.3 is 14.2 Å². The number of esters is 1. The van der Waals surface area contributed by atoms with Crippen molar-refractivity contribution >= 4 is 5.97 Å². The highest BCUT2D eigenvalue weighted by Crippen LogP contribution is 2.11. The molecule has 2 aromatic rings. The molecular weight excluding hydrogens is 266 g/mol. The third kappa shape index (κ3) is 4.16. The Balaban J connectivity index is 1.92. The summed E-state index contributed by atoms with van der Waals surface area (Å²) in [5, 5.41) is 0. The van der Waals surface area contributed by atoms with Crippen LogP contribution in [0.2, 0.25) is 0 Å². The molecule has 1 unspecified atom stereocenters. The van der Waals surface area contributed by atoms with Crippen LogP contribution in [0.15, 0.2) is 43.0 Å². The number of hydrogen-bond donors (Lipinski definition) is 0. The van der Waals surface area contributed by atoms with Crippen molar-refractivity contribution in [3.8, 4) is 5.69 Å². The van der Waals surface area contributed by atoms with E-state index in [1.807, 2.05) is 24.7 Å². The third-order valence-electron chi connectivity index (χ3n) is 3.38. The predicted octanol–water partition coefficient (Wildman–Crippen LogP) is 2.11. The minimum atomic E-state index is -0.169. The van der Waals surface area contributed by atoms with E-state index in [1.165, 1.54) is 12.7 Å². The number of ether oxygens (including phenoxy) is 1. The lowest BCUT2D eigenvalue weighted by Gasteiger charge is -2.20. The SMILES string of the molecule is COC(=O)C(C)CN(C)Cc1ccc(-n2ccnc2)cc1. The second kappa shape index (κ2) is 7.04. The lowest BCUT2D eigenvalue weighted by molar-refractivity contribution is -0.145. The zero-order valence-electron chi connectivity index (χ0n) is 12.7. The largest absolute Gasteiger partial charge is 0.469 e. The van der Waals surface area contributed by atoms with E-state index < -0.39 is 0 Å². The number of carbonyl (C=O) groups is 1. The minimum absolute atomic E-state index is 0.120. The molecule has 1 atom stereocenters. The van der Waals surface area contributed by atoms with Crippen LogP contribution < -0.4 is 0 Å². The van der Waals surface area contributed by atoms with E-state index in [4.69, 9.17) is 4.74 Å². The number of imidazole rings is 1. The fourth-order valence-corrected chi connectivity index (χ4v) is 2.30. The Kier molecular flexibility index (Phi) is 5.11. The highest BCUT2D eigenvalue weighted by atomic mass is 16.5. The zero-order chi connectivity index (χ0) is 15.2. The standard InChI is InChI=1S/C16H21N3O2/c1-13(16(20)21-3)10-18(2)11-14-4-6-15(7-5-14)19-9-8-17-12-19/h4-9,12-13H,10-11H2,1-3H3. The van der Waals surface area contributed by atoms with Gasteiger partial charge in [0.25, 0.3) is 0 Å². The molecule has 0 saturated heterocycles. The molecule has 0 aliphatic rings. The Labute approximate surface area is 125 Å². The average Bonchev–Trinajstić information content (AvgIpc) is 3.01. The number of carbonyl (C=O) groups excluding carboxylic acids is 1. The quantitative estimate of drug-likeness (QED) is 0.764. The third-order valence-corrected chi connectivity index (χ3v) is 3.38. The van der Waals surface area contributed by atoms with Crippen molar-refractivity contribution in [3.05, 3.63) is 48.5 Å². The van der Waals surface area contributed by atoms with Crippen LogP contribution in [0, 0.1) is 5.92 Å². The normalized spacial score (nSPS) is 12.4. The summed E-state index contributed by atoms with van der Waals surface area (Å²) in [4.78, 5) is 17.6. The fraction of sp³-hybridized carbons (Fsp3) is 0.375. The highest BCUT2D eigenvalue weighted by Gasteiger charge is 2.15. The van der Waals surface area contributed by atoms with Crippen molar-refractivity contribution in [2.75, 3.05) is 20.7 Å². The van der Waals surface area contributed by atoms with E-state index in [-0.39, 0.29) is 11.9 Å². The van der Waals surface area contributed by atoms with Crippen molar-refractivity contribution in [2.45, 2.75) is 13.5 Å². The average molecular weight is 287 g/mol. The second-order valence-electron chi connectivity index (χ2n) is 5.26. The van der Waals surface area contributed by atoms with Gasteiger partial charge in [-0.2, -0.15) is 0 Å². The first-order valence-electron chi connectivity index (χ1n) is 6.94. The van der Waals surface area contributed by atoms with Crippen molar-refractivity contribution in [1.82, 2.24) is 14.5 Å². The van der Waals surface area contributed by atoms with Crippen molar-refractivity contribution < 1.29 is 9.53 Å². The second-order valence-corrected chi connectivity index (χ2v) is 5.26. The van der Waals surface area contributed by atoms with Gasteiger partial charge in [0.05, 0.1) is 19.4 Å². The van der Waals surface area contributed by atoms with Crippen molar-refractivity contribution in [2.24, 2.45) is 5.92 Å². The van der Waals surface area contributed by atoms with Gasteiger partial charge in [0.1, 0.15) is 0 Å². The summed E-state index contributed by atoms with van der Waals surface area (Å²) in [7, 11) is 3.43. The molecule has 5 heteroatoms. The maximum Gasteiger partial charge on any atom is 0.309 e. The van der Waals surface area contributed by atoms with E-state index >= 15 is 0 Å². The van der Waals surface area contributed by atoms with Crippen LogP contribution in [0.4, 0.5) is 0 Å². The van der Waals surface area contributed by atoms with Gasteiger partial charge in [-0.25, -0.2) is 4.98 Å². The van der Waals surface area contributed by atoms with Gasteiger partial charge in [-0.1, -0.05) is 19.1 Å². The van der Waals surface area contributed by atoms with Crippen LogP contribution >= 0.6 is 0 Å². The topological polar surface area (TPSA) is 47.4 Å². The van der Waals surface area contributed by atoms with Crippen LogP contribution in [0.5, 0.6) is 0 Å². The van der Waals surface area contributed by atoms with Crippen LogP contribution in [0.1, 0.15) is 12.5 Å². The number of rotatable bonds is 6. The van der Waals surface area contributed by atoms with Crippen LogP contribution in [0.25, 0.3) is 5.69 Å². The molecule has 1 aromatic heterocycles. The van der Waals surface area contributed by atoms with Crippen LogP contribution in [-0.2, 0) is 16.1 Å². The zero-order valence-corrected chi connectivity index (χ0v) is 12.7. The molecule has 0 bridgehead atoms. The molecule has 5 nitrogen and oxygen atoms in total. The molecule has 0 aliphatic carbocycles. The number of benzene rings is 1. The highest BCUT2D eigenvalue weighted by molar-refractivity contribution is 5.72. The van der Waals surface area contributed by atoms with E-state index in [2.05, 4.69) is 34.1 Å². The monoisotopic (exact) mass is 287 g/mol. The number of nitrogens with zero attached hydrogens (tertiary/aromatic N) is 3. The molecule has 1 aromatic carbocycles. The summed E-state index contributed by atoms with van der Waals surface area (Å²) < 4.78 is 6.71. The molecule has 0 N–H and O–H groups in total. The number of methoxy groups -OCH3 is 1.